The molecule has 1 heterocycles. The summed E-state index contributed by atoms with van der Waals surface area (Å²) in [5.41, 5.74) is 1.12. The van der Waals surface area contributed by atoms with Gasteiger partial charge in [0.2, 0.25) is 0 Å². The van der Waals surface area contributed by atoms with Crippen LogP contribution in [0.3, 0.4) is 0 Å². The van der Waals surface area contributed by atoms with Crippen LogP contribution in [-0.2, 0) is 0 Å². The average molecular weight is 165 g/mol. The van der Waals surface area contributed by atoms with Crippen molar-refractivity contribution in [2.75, 3.05) is 18.9 Å². The summed E-state index contributed by atoms with van der Waals surface area (Å²) in [5, 5.41) is 6.45. The summed E-state index contributed by atoms with van der Waals surface area (Å²) in [4.78, 5) is 3.94. The molecule has 1 unspecified atom stereocenters. The second kappa shape index (κ2) is 4.72. The van der Waals surface area contributed by atoms with Crippen molar-refractivity contribution in [2.45, 2.75) is 13.0 Å². The Hall–Kier alpha value is -1.09. The number of hydrogen-bond donors (Lipinski definition) is 2. The summed E-state index contributed by atoms with van der Waals surface area (Å²) in [5.74, 6) is 0. The van der Waals surface area contributed by atoms with E-state index in [9.17, 15) is 0 Å². The quantitative estimate of drug-likeness (QED) is 0.701. The molecule has 0 saturated carbocycles. The van der Waals surface area contributed by atoms with Crippen molar-refractivity contribution in [2.24, 2.45) is 0 Å². The molecule has 1 aromatic rings. The third-order valence-electron chi connectivity index (χ3n) is 1.79. The van der Waals surface area contributed by atoms with Gasteiger partial charge in [0.25, 0.3) is 0 Å². The predicted octanol–water partition coefficient (Wildman–Crippen LogP) is 1.10. The van der Waals surface area contributed by atoms with Crippen molar-refractivity contribution in [3.05, 3.63) is 24.5 Å². The monoisotopic (exact) mass is 165 g/mol. The Labute approximate surface area is 73.2 Å². The van der Waals surface area contributed by atoms with E-state index >= 15 is 0 Å². The molecule has 0 bridgehead atoms. The molecule has 0 aliphatic rings. The minimum Gasteiger partial charge on any atom is -0.383 e. The van der Waals surface area contributed by atoms with Crippen molar-refractivity contribution < 1.29 is 0 Å². The molecule has 0 fully saturated rings. The van der Waals surface area contributed by atoms with E-state index in [1.807, 2.05) is 19.2 Å². The van der Waals surface area contributed by atoms with Gasteiger partial charge in [-0.1, -0.05) is 0 Å². The molecule has 1 aromatic heterocycles. The largest absolute Gasteiger partial charge is 0.383 e. The molecule has 0 aliphatic carbocycles. The first kappa shape index (κ1) is 9.00. The second-order valence-corrected chi connectivity index (χ2v) is 2.81. The van der Waals surface area contributed by atoms with Gasteiger partial charge in [0, 0.05) is 30.7 Å². The summed E-state index contributed by atoms with van der Waals surface area (Å²) in [6.07, 6.45) is 3.57. The van der Waals surface area contributed by atoms with Gasteiger partial charge in [-0.3, -0.25) is 4.98 Å². The van der Waals surface area contributed by atoms with Crippen LogP contribution in [0.5, 0.6) is 0 Å². The lowest BCUT2D eigenvalue weighted by molar-refractivity contribution is 0.638. The molecular formula is C9H15N3. The van der Waals surface area contributed by atoms with E-state index in [1.165, 1.54) is 0 Å². The molecule has 3 heteroatoms. The number of nitrogens with one attached hydrogen (secondary N) is 2. The third kappa shape index (κ3) is 2.88. The SMILES string of the molecule is CNC(C)CNc1ccncc1. The summed E-state index contributed by atoms with van der Waals surface area (Å²) < 4.78 is 0. The van der Waals surface area contributed by atoms with Gasteiger partial charge in [-0.2, -0.15) is 0 Å². The molecule has 0 spiro atoms. The van der Waals surface area contributed by atoms with Crippen LogP contribution in [0.25, 0.3) is 0 Å². The van der Waals surface area contributed by atoms with E-state index in [2.05, 4.69) is 22.5 Å². The summed E-state index contributed by atoms with van der Waals surface area (Å²) >= 11 is 0. The highest BCUT2D eigenvalue weighted by atomic mass is 15.0. The Morgan fingerprint density at radius 1 is 1.42 bits per heavy atom. The molecular weight excluding hydrogens is 150 g/mol. The number of pyridine rings is 1. The Morgan fingerprint density at radius 3 is 2.67 bits per heavy atom. The van der Waals surface area contributed by atoms with Crippen LogP contribution in [0.15, 0.2) is 24.5 Å². The average Bonchev–Trinajstić information content (AvgIpc) is 2.16. The van der Waals surface area contributed by atoms with Gasteiger partial charge in [-0.05, 0) is 26.1 Å². The first-order valence-corrected chi connectivity index (χ1v) is 4.14. The molecule has 2 N–H and O–H groups in total. The van der Waals surface area contributed by atoms with Crippen LogP contribution >= 0.6 is 0 Å². The topological polar surface area (TPSA) is 37.0 Å². The molecule has 0 aromatic carbocycles. The Morgan fingerprint density at radius 2 is 2.08 bits per heavy atom. The fourth-order valence-electron chi connectivity index (χ4n) is 0.843. The van der Waals surface area contributed by atoms with Gasteiger partial charge in [0.05, 0.1) is 0 Å². The van der Waals surface area contributed by atoms with Gasteiger partial charge < -0.3 is 10.6 Å². The van der Waals surface area contributed by atoms with E-state index in [4.69, 9.17) is 0 Å². The highest BCUT2D eigenvalue weighted by molar-refractivity contribution is 5.40. The van der Waals surface area contributed by atoms with Crippen molar-refractivity contribution in [1.82, 2.24) is 10.3 Å². The van der Waals surface area contributed by atoms with Crippen molar-refractivity contribution in [3.8, 4) is 0 Å². The number of aromatic nitrogens is 1. The smallest absolute Gasteiger partial charge is 0.0371 e. The Kier molecular flexibility index (Phi) is 3.54. The van der Waals surface area contributed by atoms with E-state index in [0.29, 0.717) is 6.04 Å². The molecule has 0 radical (unpaired) electrons. The lowest BCUT2D eigenvalue weighted by Crippen LogP contribution is -2.29. The highest BCUT2D eigenvalue weighted by Gasteiger charge is 1.95. The number of likely N-dealkylation sites (N-methyl/N-ethyl adjacent to an activating group) is 1. The van der Waals surface area contributed by atoms with Crippen LogP contribution in [0.4, 0.5) is 5.69 Å². The lowest BCUT2D eigenvalue weighted by atomic mass is 10.3. The standard InChI is InChI=1S/C9H15N3/c1-8(10-2)7-12-9-3-5-11-6-4-9/h3-6,8,10H,7H2,1-2H3,(H,11,12). The van der Waals surface area contributed by atoms with E-state index in [0.717, 1.165) is 12.2 Å². The molecule has 0 amide bonds. The fourth-order valence-corrected chi connectivity index (χ4v) is 0.843. The summed E-state index contributed by atoms with van der Waals surface area (Å²) in [6, 6.07) is 4.41. The third-order valence-corrected chi connectivity index (χ3v) is 1.79. The normalized spacial score (nSPS) is 12.5. The van der Waals surface area contributed by atoms with Crippen LogP contribution in [0, 0.1) is 0 Å². The first-order valence-electron chi connectivity index (χ1n) is 4.14. The van der Waals surface area contributed by atoms with Crippen molar-refractivity contribution >= 4 is 5.69 Å². The molecule has 3 nitrogen and oxygen atoms in total. The molecule has 1 atom stereocenters. The number of hydrogen-bond acceptors (Lipinski definition) is 3. The molecule has 1 rings (SSSR count). The maximum Gasteiger partial charge on any atom is 0.0371 e. The molecule has 12 heavy (non-hydrogen) atoms. The van der Waals surface area contributed by atoms with Crippen molar-refractivity contribution in [3.63, 3.8) is 0 Å². The van der Waals surface area contributed by atoms with E-state index in [-0.39, 0.29) is 0 Å². The fraction of sp³-hybridized carbons (Fsp3) is 0.444. The summed E-state index contributed by atoms with van der Waals surface area (Å²) in [6.45, 7) is 3.06. The minimum atomic E-state index is 0.484. The zero-order chi connectivity index (χ0) is 8.81. The van der Waals surface area contributed by atoms with E-state index in [1.54, 1.807) is 12.4 Å². The van der Waals surface area contributed by atoms with Gasteiger partial charge in [-0.25, -0.2) is 0 Å². The van der Waals surface area contributed by atoms with Crippen LogP contribution < -0.4 is 10.6 Å². The van der Waals surface area contributed by atoms with Gasteiger partial charge in [-0.15, -0.1) is 0 Å². The van der Waals surface area contributed by atoms with Crippen LogP contribution in [0.2, 0.25) is 0 Å². The van der Waals surface area contributed by atoms with E-state index < -0.39 is 0 Å². The highest BCUT2D eigenvalue weighted by Crippen LogP contribution is 2.02. The molecule has 0 aliphatic heterocycles. The van der Waals surface area contributed by atoms with Gasteiger partial charge >= 0.3 is 0 Å². The first-order chi connectivity index (χ1) is 5.83. The maximum absolute atomic E-state index is 3.94. The van der Waals surface area contributed by atoms with Crippen LogP contribution in [0.1, 0.15) is 6.92 Å². The lowest BCUT2D eigenvalue weighted by Gasteiger charge is -2.11. The Bertz CT molecular complexity index is 210. The number of nitrogens with zero attached hydrogens (tertiary/aromatic N) is 1. The number of anilines is 1. The zero-order valence-electron chi connectivity index (χ0n) is 7.54. The number of rotatable bonds is 4. The van der Waals surface area contributed by atoms with Crippen LogP contribution in [-0.4, -0.2) is 24.6 Å². The Balaban J connectivity index is 2.33. The maximum atomic E-state index is 3.94. The predicted molar refractivity (Wildman–Crippen MR) is 51.2 cm³/mol. The van der Waals surface area contributed by atoms with Gasteiger partial charge in [0.1, 0.15) is 0 Å². The van der Waals surface area contributed by atoms with Gasteiger partial charge in [0.15, 0.2) is 0 Å². The van der Waals surface area contributed by atoms with Crippen molar-refractivity contribution in [1.29, 1.82) is 0 Å². The molecule has 66 valence electrons. The summed E-state index contributed by atoms with van der Waals surface area (Å²) in [7, 11) is 1.96. The molecule has 0 saturated heterocycles. The second-order valence-electron chi connectivity index (χ2n) is 2.81. The minimum absolute atomic E-state index is 0.484. The zero-order valence-corrected chi connectivity index (χ0v) is 7.54.